The second kappa shape index (κ2) is 8.02. The molecule has 0 spiro atoms. The predicted octanol–water partition coefficient (Wildman–Crippen LogP) is 2.26. The first-order valence-electron chi connectivity index (χ1n) is 6.72. The quantitative estimate of drug-likeness (QED) is 0.758. The molecule has 0 fully saturated rings. The third-order valence-corrected chi connectivity index (χ3v) is 3.39. The molecule has 0 aliphatic heterocycles. The van der Waals surface area contributed by atoms with Gasteiger partial charge in [-0.25, -0.2) is 0 Å². The highest BCUT2D eigenvalue weighted by atomic mass is 16.5. The molecule has 19 heavy (non-hydrogen) atoms. The minimum atomic E-state index is 0.219. The summed E-state index contributed by atoms with van der Waals surface area (Å²) in [7, 11) is 3.29. The Morgan fingerprint density at radius 1 is 1.21 bits per heavy atom. The normalized spacial score (nSPS) is 12.3. The van der Waals surface area contributed by atoms with Crippen molar-refractivity contribution < 1.29 is 14.6 Å². The van der Waals surface area contributed by atoms with Crippen molar-refractivity contribution in [2.45, 2.75) is 39.3 Å². The Kier molecular flexibility index (Phi) is 6.67. The Labute approximate surface area is 115 Å². The van der Waals surface area contributed by atoms with Crippen LogP contribution in [0.25, 0.3) is 0 Å². The number of methoxy groups -OCH3 is 2. The van der Waals surface area contributed by atoms with Crippen molar-refractivity contribution in [2.24, 2.45) is 0 Å². The molecule has 0 saturated carbocycles. The Morgan fingerprint density at radius 3 is 2.37 bits per heavy atom. The molecule has 1 rings (SSSR count). The van der Waals surface area contributed by atoms with E-state index in [0.29, 0.717) is 6.04 Å². The van der Waals surface area contributed by atoms with Gasteiger partial charge in [0.05, 0.1) is 14.2 Å². The van der Waals surface area contributed by atoms with Gasteiger partial charge in [-0.2, -0.15) is 0 Å². The van der Waals surface area contributed by atoms with Gasteiger partial charge in [0.1, 0.15) is 0 Å². The fourth-order valence-electron chi connectivity index (χ4n) is 2.07. The van der Waals surface area contributed by atoms with Crippen molar-refractivity contribution in [3.8, 4) is 11.5 Å². The topological polar surface area (TPSA) is 50.7 Å². The van der Waals surface area contributed by atoms with E-state index in [2.05, 4.69) is 19.2 Å². The molecular weight excluding hydrogens is 242 g/mol. The van der Waals surface area contributed by atoms with E-state index < -0.39 is 0 Å². The monoisotopic (exact) mass is 267 g/mol. The van der Waals surface area contributed by atoms with Crippen LogP contribution in [0.2, 0.25) is 0 Å². The molecule has 2 N–H and O–H groups in total. The smallest absolute Gasteiger partial charge is 0.161 e. The third-order valence-electron chi connectivity index (χ3n) is 3.39. The van der Waals surface area contributed by atoms with Gasteiger partial charge in [-0.3, -0.25) is 0 Å². The van der Waals surface area contributed by atoms with Crippen LogP contribution in [0.4, 0.5) is 0 Å². The minimum Gasteiger partial charge on any atom is -0.493 e. The van der Waals surface area contributed by atoms with Gasteiger partial charge in [0.2, 0.25) is 0 Å². The van der Waals surface area contributed by atoms with Gasteiger partial charge in [-0.1, -0.05) is 6.92 Å². The van der Waals surface area contributed by atoms with E-state index in [4.69, 9.17) is 14.6 Å². The van der Waals surface area contributed by atoms with Crippen LogP contribution in [0, 0.1) is 6.92 Å². The van der Waals surface area contributed by atoms with Crippen LogP contribution in [-0.4, -0.2) is 32.0 Å². The lowest BCUT2D eigenvalue weighted by Crippen LogP contribution is -2.29. The van der Waals surface area contributed by atoms with Crippen LogP contribution in [0.15, 0.2) is 12.1 Å². The summed E-state index contributed by atoms with van der Waals surface area (Å²) in [5.74, 6) is 1.51. The summed E-state index contributed by atoms with van der Waals surface area (Å²) < 4.78 is 10.6. The molecule has 0 aliphatic carbocycles. The summed E-state index contributed by atoms with van der Waals surface area (Å²) in [5, 5.41) is 12.5. The first-order chi connectivity index (χ1) is 9.15. The molecule has 0 radical (unpaired) electrons. The van der Waals surface area contributed by atoms with Gasteiger partial charge in [-0.05, 0) is 43.0 Å². The number of rotatable bonds is 8. The van der Waals surface area contributed by atoms with Crippen LogP contribution in [0.5, 0.6) is 11.5 Å². The van der Waals surface area contributed by atoms with E-state index in [0.717, 1.165) is 30.9 Å². The van der Waals surface area contributed by atoms with Crippen LogP contribution in [0.3, 0.4) is 0 Å². The van der Waals surface area contributed by atoms with E-state index in [-0.39, 0.29) is 6.61 Å². The number of aryl methyl sites for hydroxylation is 1. The number of aliphatic hydroxyl groups excluding tert-OH is 1. The number of hydrogen-bond acceptors (Lipinski definition) is 4. The summed E-state index contributed by atoms with van der Waals surface area (Å²) >= 11 is 0. The number of nitrogens with one attached hydrogen (secondary N) is 1. The zero-order valence-corrected chi connectivity index (χ0v) is 12.3. The second-order valence-corrected chi connectivity index (χ2v) is 4.63. The molecule has 0 bridgehead atoms. The minimum absolute atomic E-state index is 0.219. The lowest BCUT2D eigenvalue weighted by atomic mass is 10.1. The van der Waals surface area contributed by atoms with Gasteiger partial charge in [-0.15, -0.1) is 0 Å². The molecule has 4 nitrogen and oxygen atoms in total. The summed E-state index contributed by atoms with van der Waals surface area (Å²) in [6.45, 7) is 5.17. The average Bonchev–Trinajstić information content (AvgIpc) is 2.44. The Balaban J connectivity index is 2.77. The molecule has 0 aromatic heterocycles. The first-order valence-corrected chi connectivity index (χ1v) is 6.72. The van der Waals surface area contributed by atoms with Gasteiger partial charge in [0.15, 0.2) is 11.5 Å². The summed E-state index contributed by atoms with van der Waals surface area (Å²) in [6, 6.07) is 4.34. The average molecular weight is 267 g/mol. The van der Waals surface area contributed by atoms with Gasteiger partial charge >= 0.3 is 0 Å². The maximum atomic E-state index is 8.99. The molecule has 108 valence electrons. The van der Waals surface area contributed by atoms with Crippen molar-refractivity contribution in [1.29, 1.82) is 0 Å². The van der Waals surface area contributed by atoms with Crippen LogP contribution in [-0.2, 0) is 6.54 Å². The van der Waals surface area contributed by atoms with E-state index in [1.54, 1.807) is 14.2 Å². The number of benzene rings is 1. The van der Waals surface area contributed by atoms with Crippen molar-refractivity contribution in [3.05, 3.63) is 23.3 Å². The number of aliphatic hydroxyl groups is 1. The Morgan fingerprint density at radius 2 is 1.84 bits per heavy atom. The Hall–Kier alpha value is -1.26. The third kappa shape index (κ3) is 4.40. The van der Waals surface area contributed by atoms with Crippen molar-refractivity contribution in [1.82, 2.24) is 5.32 Å². The van der Waals surface area contributed by atoms with E-state index in [9.17, 15) is 0 Å². The highest BCUT2D eigenvalue weighted by Crippen LogP contribution is 2.30. The lowest BCUT2D eigenvalue weighted by molar-refractivity contribution is 0.262. The zero-order chi connectivity index (χ0) is 14.3. The van der Waals surface area contributed by atoms with E-state index in [1.165, 1.54) is 11.1 Å². The molecule has 0 saturated heterocycles. The van der Waals surface area contributed by atoms with Crippen molar-refractivity contribution in [3.63, 3.8) is 0 Å². The van der Waals surface area contributed by atoms with Crippen molar-refractivity contribution in [2.75, 3.05) is 20.8 Å². The van der Waals surface area contributed by atoms with Gasteiger partial charge in [0.25, 0.3) is 0 Å². The molecule has 0 amide bonds. The maximum Gasteiger partial charge on any atom is 0.161 e. The first kappa shape index (κ1) is 15.8. The molecule has 0 heterocycles. The fraction of sp³-hybridized carbons (Fsp3) is 0.600. The standard InChI is InChI=1S/C15H25NO3/c1-5-13(6-7-17)16-10-12-9-15(19-4)14(18-3)8-11(12)2/h8-9,13,16-17H,5-7,10H2,1-4H3. The molecular formula is C15H25NO3. The SMILES string of the molecule is CCC(CCO)NCc1cc(OC)c(OC)cc1C. The van der Waals surface area contributed by atoms with E-state index >= 15 is 0 Å². The molecule has 1 unspecified atom stereocenters. The lowest BCUT2D eigenvalue weighted by Gasteiger charge is -2.18. The molecule has 1 aromatic rings. The summed E-state index contributed by atoms with van der Waals surface area (Å²) in [6.07, 6.45) is 1.79. The van der Waals surface area contributed by atoms with Crippen LogP contribution < -0.4 is 14.8 Å². The Bertz CT molecular complexity index is 393. The van der Waals surface area contributed by atoms with Crippen LogP contribution >= 0.6 is 0 Å². The molecule has 0 aliphatic rings. The number of hydrogen-bond donors (Lipinski definition) is 2. The largest absolute Gasteiger partial charge is 0.493 e. The zero-order valence-electron chi connectivity index (χ0n) is 12.3. The number of ether oxygens (including phenoxy) is 2. The summed E-state index contributed by atoms with van der Waals surface area (Å²) in [4.78, 5) is 0. The molecule has 1 atom stereocenters. The van der Waals surface area contributed by atoms with Gasteiger partial charge < -0.3 is 19.9 Å². The summed E-state index contributed by atoms with van der Waals surface area (Å²) in [5.41, 5.74) is 2.36. The highest BCUT2D eigenvalue weighted by Gasteiger charge is 2.10. The van der Waals surface area contributed by atoms with Crippen LogP contribution in [0.1, 0.15) is 30.9 Å². The van der Waals surface area contributed by atoms with Crippen molar-refractivity contribution >= 4 is 0 Å². The van der Waals surface area contributed by atoms with Gasteiger partial charge in [0, 0.05) is 19.2 Å². The second-order valence-electron chi connectivity index (χ2n) is 4.63. The fourth-order valence-corrected chi connectivity index (χ4v) is 2.07. The molecule has 1 aromatic carbocycles. The van der Waals surface area contributed by atoms with E-state index in [1.807, 2.05) is 12.1 Å². The maximum absolute atomic E-state index is 8.99. The highest BCUT2D eigenvalue weighted by molar-refractivity contribution is 5.47. The predicted molar refractivity (Wildman–Crippen MR) is 76.9 cm³/mol. The molecule has 4 heteroatoms.